The molecule has 0 atom stereocenters. The molecule has 0 aliphatic carbocycles. The van der Waals surface area contributed by atoms with Gasteiger partial charge < -0.3 is 20.7 Å². The van der Waals surface area contributed by atoms with Crippen molar-refractivity contribution in [3.8, 4) is 5.75 Å². The Hall–Kier alpha value is -3.02. The highest BCUT2D eigenvalue weighted by Crippen LogP contribution is 2.13. The molecule has 0 fully saturated rings. The lowest BCUT2D eigenvalue weighted by atomic mass is 10.1. The van der Waals surface area contributed by atoms with Gasteiger partial charge in [0.05, 0.1) is 0 Å². The Kier molecular flexibility index (Phi) is 7.02. The van der Waals surface area contributed by atoms with Crippen LogP contribution in [0.1, 0.15) is 16.7 Å². The number of ether oxygens (including phenoxy) is 1. The lowest BCUT2D eigenvalue weighted by Gasteiger charge is -2.22. The average Bonchev–Trinajstić information content (AvgIpc) is 2.63. The Morgan fingerprint density at radius 1 is 1.19 bits per heavy atom. The maximum atomic E-state index is 10.8. The zero-order valence-electron chi connectivity index (χ0n) is 15.5. The van der Waals surface area contributed by atoms with Gasteiger partial charge >= 0.3 is 0 Å². The minimum absolute atomic E-state index is 0.127. The second-order valence-corrected chi connectivity index (χ2v) is 6.14. The molecule has 2 aromatic carbocycles. The number of carbonyl (C=O) groups excluding carboxylic acids is 1. The number of benzene rings is 2. The van der Waals surface area contributed by atoms with Gasteiger partial charge in [0.1, 0.15) is 5.75 Å². The van der Waals surface area contributed by atoms with E-state index in [-0.39, 0.29) is 6.61 Å². The van der Waals surface area contributed by atoms with Crippen molar-refractivity contribution in [3.63, 3.8) is 0 Å². The van der Waals surface area contributed by atoms with Gasteiger partial charge in [-0.2, -0.15) is 0 Å². The molecule has 2 aromatic rings. The van der Waals surface area contributed by atoms with Crippen molar-refractivity contribution < 1.29 is 9.53 Å². The van der Waals surface area contributed by atoms with E-state index in [0.29, 0.717) is 12.3 Å². The summed E-state index contributed by atoms with van der Waals surface area (Å²) in [6.45, 7) is 3.31. The van der Waals surface area contributed by atoms with Gasteiger partial charge in [0.25, 0.3) is 5.91 Å². The Bertz CT molecular complexity index is 757. The third kappa shape index (κ3) is 6.12. The molecule has 3 N–H and O–H groups in total. The van der Waals surface area contributed by atoms with Crippen LogP contribution in [0.25, 0.3) is 0 Å². The number of aliphatic imine (C=N–C) groups is 1. The maximum absolute atomic E-state index is 10.8. The quantitative estimate of drug-likeness (QED) is 0.589. The summed E-state index contributed by atoms with van der Waals surface area (Å²) >= 11 is 0. The Morgan fingerprint density at radius 3 is 2.58 bits per heavy atom. The van der Waals surface area contributed by atoms with Crippen LogP contribution in [0.3, 0.4) is 0 Å². The number of carbonyl (C=O) groups is 1. The van der Waals surface area contributed by atoms with Crippen molar-refractivity contribution >= 4 is 11.9 Å². The number of aryl methyl sites for hydroxylation is 1. The monoisotopic (exact) mass is 354 g/mol. The zero-order chi connectivity index (χ0) is 18.9. The van der Waals surface area contributed by atoms with E-state index >= 15 is 0 Å². The molecular weight excluding hydrogens is 328 g/mol. The average molecular weight is 354 g/mol. The van der Waals surface area contributed by atoms with E-state index < -0.39 is 5.91 Å². The molecular formula is C20H26N4O2. The highest BCUT2D eigenvalue weighted by atomic mass is 16.5. The second-order valence-electron chi connectivity index (χ2n) is 6.14. The fourth-order valence-corrected chi connectivity index (χ4v) is 2.51. The van der Waals surface area contributed by atoms with Crippen LogP contribution in [0, 0.1) is 6.92 Å². The van der Waals surface area contributed by atoms with Gasteiger partial charge in [-0.05, 0) is 30.2 Å². The van der Waals surface area contributed by atoms with Crippen LogP contribution in [0.15, 0.2) is 53.5 Å². The Morgan fingerprint density at radius 2 is 1.92 bits per heavy atom. The van der Waals surface area contributed by atoms with Crippen molar-refractivity contribution in [2.45, 2.75) is 20.0 Å². The summed E-state index contributed by atoms with van der Waals surface area (Å²) in [5.74, 6) is 0.923. The number of nitrogens with two attached hydrogens (primary N) is 1. The standard InChI is InChI=1S/C20H26N4O2/c1-15-7-9-16(10-8-15)13-24(3)20(22-2)23-12-17-5-4-6-18(11-17)26-14-19(21)25/h4-11H,12-14H2,1-3H3,(H2,21,25)(H,22,23). The van der Waals surface area contributed by atoms with Gasteiger partial charge in [0, 0.05) is 27.2 Å². The Balaban J connectivity index is 1.92. The predicted octanol–water partition coefficient (Wildman–Crippen LogP) is 2.07. The number of guanidine groups is 1. The first-order valence-electron chi connectivity index (χ1n) is 8.45. The lowest BCUT2D eigenvalue weighted by Crippen LogP contribution is -2.38. The van der Waals surface area contributed by atoms with Crippen molar-refractivity contribution in [1.82, 2.24) is 10.2 Å². The summed E-state index contributed by atoms with van der Waals surface area (Å²) in [5, 5.41) is 3.34. The van der Waals surface area contributed by atoms with E-state index in [1.807, 2.05) is 25.2 Å². The third-order valence-corrected chi connectivity index (χ3v) is 3.84. The molecule has 138 valence electrons. The molecule has 0 aliphatic rings. The normalized spacial score (nSPS) is 11.1. The predicted molar refractivity (Wildman–Crippen MR) is 104 cm³/mol. The third-order valence-electron chi connectivity index (χ3n) is 3.84. The topological polar surface area (TPSA) is 80.0 Å². The molecule has 0 unspecified atom stereocenters. The molecule has 0 spiro atoms. The number of rotatable bonds is 7. The lowest BCUT2D eigenvalue weighted by molar-refractivity contribution is -0.119. The second kappa shape index (κ2) is 9.46. The number of nitrogens with one attached hydrogen (secondary N) is 1. The number of primary amides is 1. The van der Waals surface area contributed by atoms with Gasteiger partial charge in [-0.1, -0.05) is 42.0 Å². The molecule has 0 bridgehead atoms. The maximum Gasteiger partial charge on any atom is 0.255 e. The molecule has 0 aromatic heterocycles. The number of nitrogens with zero attached hydrogens (tertiary/aromatic N) is 2. The highest BCUT2D eigenvalue weighted by Gasteiger charge is 2.07. The molecule has 0 saturated carbocycles. The van der Waals surface area contributed by atoms with Crippen molar-refractivity contribution in [3.05, 3.63) is 65.2 Å². The van der Waals surface area contributed by atoms with Crippen LogP contribution in [-0.2, 0) is 17.9 Å². The number of hydrogen-bond donors (Lipinski definition) is 2. The van der Waals surface area contributed by atoms with Crippen LogP contribution in [-0.4, -0.2) is 37.5 Å². The van der Waals surface area contributed by atoms with Gasteiger partial charge in [-0.25, -0.2) is 0 Å². The molecule has 6 nitrogen and oxygen atoms in total. The summed E-state index contributed by atoms with van der Waals surface area (Å²) < 4.78 is 5.33. The van der Waals surface area contributed by atoms with Crippen molar-refractivity contribution in [1.29, 1.82) is 0 Å². The van der Waals surface area contributed by atoms with E-state index in [0.717, 1.165) is 18.1 Å². The Labute approximate surface area is 154 Å². The van der Waals surface area contributed by atoms with Crippen LogP contribution in [0.5, 0.6) is 5.75 Å². The van der Waals surface area contributed by atoms with Crippen LogP contribution < -0.4 is 15.8 Å². The van der Waals surface area contributed by atoms with Crippen LogP contribution in [0.2, 0.25) is 0 Å². The summed E-state index contributed by atoms with van der Waals surface area (Å²) in [5.41, 5.74) is 8.60. The molecule has 6 heteroatoms. The molecule has 0 saturated heterocycles. The number of amides is 1. The fraction of sp³-hybridized carbons (Fsp3) is 0.300. The SMILES string of the molecule is CN=C(NCc1cccc(OCC(N)=O)c1)N(C)Cc1ccc(C)cc1. The molecule has 26 heavy (non-hydrogen) atoms. The van der Waals surface area contributed by atoms with Gasteiger partial charge in [0.2, 0.25) is 0 Å². The van der Waals surface area contributed by atoms with E-state index in [9.17, 15) is 4.79 Å². The van der Waals surface area contributed by atoms with Crippen LogP contribution >= 0.6 is 0 Å². The fourth-order valence-electron chi connectivity index (χ4n) is 2.51. The highest BCUT2D eigenvalue weighted by molar-refractivity contribution is 5.79. The van der Waals surface area contributed by atoms with Crippen molar-refractivity contribution in [2.24, 2.45) is 10.7 Å². The molecule has 0 heterocycles. The number of hydrogen-bond acceptors (Lipinski definition) is 3. The van der Waals surface area contributed by atoms with E-state index in [4.69, 9.17) is 10.5 Å². The molecule has 2 rings (SSSR count). The van der Waals surface area contributed by atoms with Crippen molar-refractivity contribution in [2.75, 3.05) is 20.7 Å². The van der Waals surface area contributed by atoms with Gasteiger partial charge in [0.15, 0.2) is 12.6 Å². The van der Waals surface area contributed by atoms with E-state index in [1.165, 1.54) is 11.1 Å². The first-order chi connectivity index (χ1) is 12.5. The summed E-state index contributed by atoms with van der Waals surface area (Å²) in [6.07, 6.45) is 0. The molecule has 0 aliphatic heterocycles. The summed E-state index contributed by atoms with van der Waals surface area (Å²) in [4.78, 5) is 17.2. The van der Waals surface area contributed by atoms with Gasteiger partial charge in [-0.15, -0.1) is 0 Å². The summed E-state index contributed by atoms with van der Waals surface area (Å²) in [7, 11) is 3.77. The van der Waals surface area contributed by atoms with Crippen LogP contribution in [0.4, 0.5) is 0 Å². The largest absolute Gasteiger partial charge is 0.484 e. The summed E-state index contributed by atoms with van der Waals surface area (Å²) in [6, 6.07) is 16.0. The molecule has 0 radical (unpaired) electrons. The van der Waals surface area contributed by atoms with E-state index in [2.05, 4.69) is 46.4 Å². The minimum Gasteiger partial charge on any atom is -0.484 e. The van der Waals surface area contributed by atoms with Gasteiger partial charge in [-0.3, -0.25) is 9.79 Å². The first kappa shape index (κ1) is 19.3. The first-order valence-corrected chi connectivity index (χ1v) is 8.45. The minimum atomic E-state index is -0.494. The zero-order valence-corrected chi connectivity index (χ0v) is 15.5. The smallest absolute Gasteiger partial charge is 0.255 e. The van der Waals surface area contributed by atoms with E-state index in [1.54, 1.807) is 13.1 Å². The molecule has 1 amide bonds.